The first kappa shape index (κ1) is 18.4. The van der Waals surface area contributed by atoms with Gasteiger partial charge in [0.25, 0.3) is 5.91 Å². The number of hydrogen-bond donors (Lipinski definition) is 3. The van der Waals surface area contributed by atoms with E-state index in [0.717, 1.165) is 0 Å². The zero-order valence-corrected chi connectivity index (χ0v) is 14.2. The van der Waals surface area contributed by atoms with Crippen LogP contribution in [0.2, 0.25) is 0 Å². The summed E-state index contributed by atoms with van der Waals surface area (Å²) in [6.07, 6.45) is 1.40. The third-order valence-electron chi connectivity index (χ3n) is 3.73. The van der Waals surface area contributed by atoms with Gasteiger partial charge in [-0.05, 0) is 51.0 Å². The number of nitrogens with zero attached hydrogens (tertiary/aromatic N) is 2. The number of nitrogens with one attached hydrogen (secondary N) is 1. The molecule has 0 saturated carbocycles. The Kier molecular flexibility index (Phi) is 5.10. The first-order chi connectivity index (χ1) is 11.6. The van der Waals surface area contributed by atoms with Crippen molar-refractivity contribution < 1.29 is 24.2 Å². The van der Waals surface area contributed by atoms with Gasteiger partial charge in [0, 0.05) is 12.0 Å². The van der Waals surface area contributed by atoms with Crippen LogP contribution in [-0.4, -0.2) is 37.4 Å². The summed E-state index contributed by atoms with van der Waals surface area (Å²) in [7, 11) is 0. The average Bonchev–Trinajstić information content (AvgIpc) is 2.86. The van der Waals surface area contributed by atoms with Crippen molar-refractivity contribution in [3.05, 3.63) is 41.5 Å². The van der Waals surface area contributed by atoms with Gasteiger partial charge in [0.15, 0.2) is 11.4 Å². The summed E-state index contributed by atoms with van der Waals surface area (Å²) in [5.74, 6) is -2.29. The molecule has 0 spiro atoms. The van der Waals surface area contributed by atoms with Gasteiger partial charge in [0.2, 0.25) is 0 Å². The number of aromatic hydroxyl groups is 1. The van der Waals surface area contributed by atoms with E-state index in [-0.39, 0.29) is 24.3 Å². The fourth-order valence-corrected chi connectivity index (χ4v) is 2.37. The lowest BCUT2D eigenvalue weighted by molar-refractivity contribution is -0.137. The molecule has 0 bridgehead atoms. The van der Waals surface area contributed by atoms with Crippen LogP contribution in [0, 0.1) is 12.7 Å². The van der Waals surface area contributed by atoms with Gasteiger partial charge in [-0.15, -0.1) is 0 Å². The van der Waals surface area contributed by atoms with Crippen LogP contribution in [0.4, 0.5) is 4.39 Å². The molecule has 2 rings (SSSR count). The first-order valence-electron chi connectivity index (χ1n) is 7.68. The predicted octanol–water partition coefficient (Wildman–Crippen LogP) is 2.40. The van der Waals surface area contributed by atoms with Gasteiger partial charge in [0.05, 0.1) is 11.9 Å². The van der Waals surface area contributed by atoms with Crippen LogP contribution in [0.15, 0.2) is 24.4 Å². The van der Waals surface area contributed by atoms with Gasteiger partial charge in [-0.1, -0.05) is 0 Å². The van der Waals surface area contributed by atoms with Gasteiger partial charge in [0.1, 0.15) is 5.82 Å². The molecule has 0 aliphatic heterocycles. The average molecular weight is 349 g/mol. The van der Waals surface area contributed by atoms with Gasteiger partial charge in [-0.25, -0.2) is 9.07 Å². The van der Waals surface area contributed by atoms with Crippen LogP contribution in [-0.2, 0) is 4.79 Å². The van der Waals surface area contributed by atoms with Crippen LogP contribution >= 0.6 is 0 Å². The Morgan fingerprint density at radius 2 is 2.04 bits per heavy atom. The predicted molar refractivity (Wildman–Crippen MR) is 88.3 cm³/mol. The number of amides is 1. The van der Waals surface area contributed by atoms with E-state index in [4.69, 9.17) is 5.11 Å². The van der Waals surface area contributed by atoms with Crippen LogP contribution < -0.4 is 5.32 Å². The van der Waals surface area contributed by atoms with Crippen LogP contribution in [0.3, 0.4) is 0 Å². The van der Waals surface area contributed by atoms with E-state index in [1.165, 1.54) is 29.1 Å². The Bertz CT molecular complexity index is 814. The highest BCUT2D eigenvalue weighted by Crippen LogP contribution is 2.22. The van der Waals surface area contributed by atoms with Crippen LogP contribution in [0.25, 0.3) is 5.69 Å². The minimum absolute atomic E-state index is 0.0948. The van der Waals surface area contributed by atoms with E-state index in [1.54, 1.807) is 20.8 Å². The minimum Gasteiger partial charge on any atom is -0.504 e. The zero-order chi connectivity index (χ0) is 18.8. The minimum atomic E-state index is -0.957. The van der Waals surface area contributed by atoms with Crippen molar-refractivity contribution in [3.63, 3.8) is 0 Å². The number of aryl methyl sites for hydroxylation is 1. The third kappa shape index (κ3) is 4.56. The Morgan fingerprint density at radius 1 is 1.36 bits per heavy atom. The molecule has 0 aliphatic carbocycles. The van der Waals surface area contributed by atoms with E-state index in [0.29, 0.717) is 11.3 Å². The maximum atomic E-state index is 13.2. The molecule has 0 unspecified atom stereocenters. The maximum Gasteiger partial charge on any atom is 0.303 e. The quantitative estimate of drug-likeness (QED) is 0.743. The molecule has 1 heterocycles. The molecule has 0 saturated heterocycles. The van der Waals surface area contributed by atoms with Crippen molar-refractivity contribution in [2.45, 2.75) is 39.2 Å². The monoisotopic (exact) mass is 349 g/mol. The SMILES string of the molecule is Cc1cc(F)ccc1-n1cc(O)c(C(=O)NC(C)(C)CCC(=O)O)n1. The second kappa shape index (κ2) is 6.92. The van der Waals surface area contributed by atoms with Crippen molar-refractivity contribution in [2.24, 2.45) is 0 Å². The molecule has 2 aromatic rings. The summed E-state index contributed by atoms with van der Waals surface area (Å²) in [6.45, 7) is 5.06. The van der Waals surface area contributed by atoms with E-state index in [1.807, 2.05) is 0 Å². The summed E-state index contributed by atoms with van der Waals surface area (Å²) >= 11 is 0. The fourth-order valence-electron chi connectivity index (χ4n) is 2.37. The number of halogens is 1. The maximum absolute atomic E-state index is 13.2. The summed E-state index contributed by atoms with van der Waals surface area (Å²) in [5.41, 5.74) is 0.154. The number of aromatic nitrogens is 2. The molecule has 7 nitrogen and oxygen atoms in total. The van der Waals surface area contributed by atoms with Crippen molar-refractivity contribution in [1.82, 2.24) is 15.1 Å². The standard InChI is InChI=1S/C17H20FN3O4/c1-10-8-11(18)4-5-12(10)21-9-13(22)15(20-21)16(25)19-17(2,3)7-6-14(23)24/h4-5,8-9,22H,6-7H2,1-3H3,(H,19,25)(H,23,24). The van der Waals surface area contributed by atoms with Crippen LogP contribution in [0.5, 0.6) is 5.75 Å². The molecule has 134 valence electrons. The highest BCUT2D eigenvalue weighted by molar-refractivity contribution is 5.95. The topological polar surface area (TPSA) is 104 Å². The van der Waals surface area contributed by atoms with Gasteiger partial charge in [-0.2, -0.15) is 5.10 Å². The lowest BCUT2D eigenvalue weighted by Crippen LogP contribution is -2.43. The summed E-state index contributed by atoms with van der Waals surface area (Å²) in [4.78, 5) is 23.0. The molecule has 1 aromatic carbocycles. The molecule has 1 aromatic heterocycles. The lowest BCUT2D eigenvalue weighted by Gasteiger charge is -2.25. The Balaban J connectivity index is 2.21. The largest absolute Gasteiger partial charge is 0.504 e. The number of carboxylic acids is 1. The van der Waals surface area contributed by atoms with E-state index >= 15 is 0 Å². The lowest BCUT2D eigenvalue weighted by atomic mass is 9.98. The van der Waals surface area contributed by atoms with Crippen molar-refractivity contribution in [2.75, 3.05) is 0 Å². The van der Waals surface area contributed by atoms with Crippen molar-refractivity contribution in [3.8, 4) is 11.4 Å². The normalized spacial score (nSPS) is 11.4. The molecule has 0 atom stereocenters. The van der Waals surface area contributed by atoms with E-state index < -0.39 is 23.2 Å². The number of aliphatic carboxylic acids is 1. The molecule has 1 amide bonds. The molecular weight excluding hydrogens is 329 g/mol. The summed E-state index contributed by atoms with van der Waals surface area (Å²) in [5, 5.41) is 25.5. The highest BCUT2D eigenvalue weighted by atomic mass is 19.1. The van der Waals surface area contributed by atoms with Crippen LogP contribution in [0.1, 0.15) is 42.7 Å². The van der Waals surface area contributed by atoms with E-state index in [2.05, 4.69) is 10.4 Å². The third-order valence-corrected chi connectivity index (χ3v) is 3.73. The zero-order valence-electron chi connectivity index (χ0n) is 14.2. The Morgan fingerprint density at radius 3 is 2.64 bits per heavy atom. The summed E-state index contributed by atoms with van der Waals surface area (Å²) < 4.78 is 14.5. The smallest absolute Gasteiger partial charge is 0.303 e. The molecule has 0 radical (unpaired) electrons. The Hall–Kier alpha value is -2.90. The fraction of sp³-hybridized carbons (Fsp3) is 0.353. The second-order valence-corrected chi connectivity index (χ2v) is 6.47. The Labute approximate surface area is 144 Å². The number of rotatable bonds is 6. The second-order valence-electron chi connectivity index (χ2n) is 6.47. The molecular formula is C17H20FN3O4. The van der Waals surface area contributed by atoms with Gasteiger partial charge < -0.3 is 15.5 Å². The number of hydrogen-bond acceptors (Lipinski definition) is 4. The molecule has 0 aliphatic rings. The number of carbonyl (C=O) groups is 2. The van der Waals surface area contributed by atoms with Crippen molar-refractivity contribution in [1.29, 1.82) is 0 Å². The first-order valence-corrected chi connectivity index (χ1v) is 7.68. The molecule has 0 fully saturated rings. The molecule has 3 N–H and O–H groups in total. The summed E-state index contributed by atoms with van der Waals surface area (Å²) in [6, 6.07) is 4.08. The number of benzene rings is 1. The molecule has 25 heavy (non-hydrogen) atoms. The van der Waals surface area contributed by atoms with Gasteiger partial charge in [-0.3, -0.25) is 9.59 Å². The van der Waals surface area contributed by atoms with Crippen molar-refractivity contribution >= 4 is 11.9 Å². The van der Waals surface area contributed by atoms with E-state index in [9.17, 15) is 19.1 Å². The molecule has 8 heteroatoms. The number of carbonyl (C=O) groups excluding carboxylic acids is 1. The highest BCUT2D eigenvalue weighted by Gasteiger charge is 2.26. The van der Waals surface area contributed by atoms with Gasteiger partial charge >= 0.3 is 5.97 Å². The number of carboxylic acid groups (broad SMARTS) is 1.